The first-order chi connectivity index (χ1) is 8.69. The lowest BCUT2D eigenvalue weighted by Gasteiger charge is -2.25. The van der Waals surface area contributed by atoms with Gasteiger partial charge in [-0.1, -0.05) is 23.7 Å². The predicted octanol–water partition coefficient (Wildman–Crippen LogP) is 2.33. The van der Waals surface area contributed by atoms with E-state index in [0.717, 1.165) is 0 Å². The highest BCUT2D eigenvalue weighted by Crippen LogP contribution is 2.25. The molecule has 1 aromatic rings. The van der Waals surface area contributed by atoms with Crippen LogP contribution in [0.2, 0.25) is 5.02 Å². The highest BCUT2D eigenvalue weighted by Gasteiger charge is 2.33. The van der Waals surface area contributed by atoms with E-state index in [1.54, 1.807) is 38.1 Å². The first-order valence-electron chi connectivity index (χ1n) is 5.81. The number of amides is 1. The lowest BCUT2D eigenvalue weighted by atomic mass is 9.83. The first-order valence-corrected chi connectivity index (χ1v) is 6.19. The van der Waals surface area contributed by atoms with Gasteiger partial charge in [0.1, 0.15) is 0 Å². The van der Waals surface area contributed by atoms with E-state index < -0.39 is 30.3 Å². The second-order valence-electron chi connectivity index (χ2n) is 4.87. The summed E-state index contributed by atoms with van der Waals surface area (Å²) < 4.78 is 26.0. The van der Waals surface area contributed by atoms with Crippen LogP contribution in [0.3, 0.4) is 0 Å². The van der Waals surface area contributed by atoms with Gasteiger partial charge in [0.2, 0.25) is 5.91 Å². The van der Waals surface area contributed by atoms with Crippen molar-refractivity contribution in [3.05, 3.63) is 34.9 Å². The Morgan fingerprint density at radius 2 is 1.84 bits per heavy atom. The van der Waals surface area contributed by atoms with E-state index in [0.29, 0.717) is 10.6 Å². The molecule has 0 aliphatic carbocycles. The fourth-order valence-electron chi connectivity index (χ4n) is 1.50. The molecule has 3 N–H and O–H groups in total. The molecule has 0 aromatic heterocycles. The van der Waals surface area contributed by atoms with Gasteiger partial charge >= 0.3 is 0 Å². The molecule has 6 heteroatoms. The number of nitrogens with two attached hydrogens (primary N) is 1. The zero-order chi connectivity index (χ0) is 14.7. The number of rotatable bonds is 5. The van der Waals surface area contributed by atoms with Crippen molar-refractivity contribution < 1.29 is 13.6 Å². The van der Waals surface area contributed by atoms with Crippen molar-refractivity contribution in [1.29, 1.82) is 0 Å². The Morgan fingerprint density at radius 3 is 2.32 bits per heavy atom. The van der Waals surface area contributed by atoms with Crippen LogP contribution in [0, 0.1) is 0 Å². The Bertz CT molecular complexity index is 446. The first kappa shape index (κ1) is 15.9. The maximum Gasteiger partial charge on any atom is 0.277 e. The van der Waals surface area contributed by atoms with Gasteiger partial charge in [0.05, 0.1) is 18.5 Å². The van der Waals surface area contributed by atoms with Gasteiger partial charge in [-0.05, 0) is 31.5 Å². The molecule has 106 valence electrons. The monoisotopic (exact) mass is 290 g/mol. The molecule has 0 aliphatic heterocycles. The van der Waals surface area contributed by atoms with E-state index in [-0.39, 0.29) is 0 Å². The number of carbonyl (C=O) groups is 1. The number of alkyl halides is 2. The fourth-order valence-corrected chi connectivity index (χ4v) is 1.63. The second kappa shape index (κ2) is 5.84. The summed E-state index contributed by atoms with van der Waals surface area (Å²) >= 11 is 5.77. The van der Waals surface area contributed by atoms with Crippen LogP contribution in [-0.2, 0) is 10.2 Å². The van der Waals surface area contributed by atoms with Crippen LogP contribution in [-0.4, -0.2) is 24.9 Å². The summed E-state index contributed by atoms with van der Waals surface area (Å²) in [5.74, 6) is -3.57. The Balaban J connectivity index is 2.77. The zero-order valence-corrected chi connectivity index (χ0v) is 11.6. The third-order valence-corrected chi connectivity index (χ3v) is 3.19. The van der Waals surface area contributed by atoms with Crippen molar-refractivity contribution in [2.45, 2.75) is 25.2 Å². The van der Waals surface area contributed by atoms with Crippen LogP contribution in [0.1, 0.15) is 19.4 Å². The van der Waals surface area contributed by atoms with Gasteiger partial charge < -0.3 is 11.1 Å². The molecular weight excluding hydrogens is 274 g/mol. The van der Waals surface area contributed by atoms with Crippen molar-refractivity contribution in [2.24, 2.45) is 5.73 Å². The molecule has 0 atom stereocenters. The van der Waals surface area contributed by atoms with Crippen molar-refractivity contribution >= 4 is 17.5 Å². The lowest BCUT2D eigenvalue weighted by molar-refractivity contribution is -0.127. The van der Waals surface area contributed by atoms with Gasteiger partial charge in [0.15, 0.2) is 0 Å². The van der Waals surface area contributed by atoms with E-state index in [1.165, 1.54) is 0 Å². The molecule has 0 saturated heterocycles. The SMILES string of the molecule is CC(C)(C(=O)NCC(F)(F)CN)c1ccc(Cl)cc1. The van der Waals surface area contributed by atoms with Crippen LogP contribution in [0.15, 0.2) is 24.3 Å². The third kappa shape index (κ3) is 4.14. The molecule has 1 aromatic carbocycles. The summed E-state index contributed by atoms with van der Waals surface area (Å²) in [5.41, 5.74) is 4.69. The number of hydrogen-bond donors (Lipinski definition) is 2. The highest BCUT2D eigenvalue weighted by atomic mass is 35.5. The molecule has 1 rings (SSSR count). The molecule has 0 saturated carbocycles. The molecule has 19 heavy (non-hydrogen) atoms. The number of halogens is 3. The van der Waals surface area contributed by atoms with Crippen LogP contribution in [0.25, 0.3) is 0 Å². The van der Waals surface area contributed by atoms with E-state index in [9.17, 15) is 13.6 Å². The number of nitrogens with one attached hydrogen (secondary N) is 1. The standard InChI is InChI=1S/C13H17ClF2N2O/c1-12(2,9-3-5-10(14)6-4-9)11(19)18-8-13(15,16)7-17/h3-6H,7-8,17H2,1-2H3,(H,18,19). The lowest BCUT2D eigenvalue weighted by Crippen LogP contribution is -2.47. The van der Waals surface area contributed by atoms with E-state index in [4.69, 9.17) is 17.3 Å². The molecule has 0 aliphatic rings. The van der Waals surface area contributed by atoms with Crippen molar-refractivity contribution in [3.8, 4) is 0 Å². The van der Waals surface area contributed by atoms with E-state index in [1.807, 2.05) is 0 Å². The zero-order valence-electron chi connectivity index (χ0n) is 10.8. The fraction of sp³-hybridized carbons (Fsp3) is 0.462. The average Bonchev–Trinajstić information content (AvgIpc) is 2.36. The van der Waals surface area contributed by atoms with Gasteiger partial charge in [0.25, 0.3) is 5.92 Å². The van der Waals surface area contributed by atoms with Gasteiger partial charge in [-0.2, -0.15) is 0 Å². The molecule has 0 radical (unpaired) electrons. The second-order valence-corrected chi connectivity index (χ2v) is 5.31. The summed E-state index contributed by atoms with van der Waals surface area (Å²) in [7, 11) is 0. The van der Waals surface area contributed by atoms with Crippen molar-refractivity contribution in [2.75, 3.05) is 13.1 Å². The summed E-state index contributed by atoms with van der Waals surface area (Å²) in [6.07, 6.45) is 0. The predicted molar refractivity (Wildman–Crippen MR) is 71.5 cm³/mol. The Kier molecular flexibility index (Phi) is 4.87. The number of hydrogen-bond acceptors (Lipinski definition) is 2. The summed E-state index contributed by atoms with van der Waals surface area (Å²) in [6, 6.07) is 6.70. The molecule has 0 bridgehead atoms. The molecule has 0 heterocycles. The van der Waals surface area contributed by atoms with Gasteiger partial charge in [-0.25, -0.2) is 8.78 Å². The summed E-state index contributed by atoms with van der Waals surface area (Å²) in [4.78, 5) is 12.0. The normalized spacial score (nSPS) is 12.3. The third-order valence-electron chi connectivity index (χ3n) is 2.94. The van der Waals surface area contributed by atoms with Crippen molar-refractivity contribution in [1.82, 2.24) is 5.32 Å². The number of carbonyl (C=O) groups excluding carboxylic acids is 1. The topological polar surface area (TPSA) is 55.1 Å². The van der Waals surface area contributed by atoms with Crippen LogP contribution >= 0.6 is 11.6 Å². The summed E-state index contributed by atoms with van der Waals surface area (Å²) in [5, 5.41) is 2.78. The Morgan fingerprint density at radius 1 is 1.32 bits per heavy atom. The van der Waals surface area contributed by atoms with Gasteiger partial charge in [-0.15, -0.1) is 0 Å². The minimum atomic E-state index is -3.09. The summed E-state index contributed by atoms with van der Waals surface area (Å²) in [6.45, 7) is 1.76. The smallest absolute Gasteiger partial charge is 0.277 e. The largest absolute Gasteiger partial charge is 0.349 e. The average molecular weight is 291 g/mol. The quantitative estimate of drug-likeness (QED) is 0.874. The molecule has 0 spiro atoms. The number of benzene rings is 1. The molecule has 1 amide bonds. The van der Waals surface area contributed by atoms with Crippen LogP contribution in [0.4, 0.5) is 8.78 Å². The van der Waals surface area contributed by atoms with E-state index in [2.05, 4.69) is 5.32 Å². The minimum absolute atomic E-state index is 0.483. The van der Waals surface area contributed by atoms with Crippen LogP contribution in [0.5, 0.6) is 0 Å². The highest BCUT2D eigenvalue weighted by molar-refractivity contribution is 6.30. The molecule has 3 nitrogen and oxygen atoms in total. The molecular formula is C13H17ClF2N2O. The molecule has 0 fully saturated rings. The Hall–Kier alpha value is -1.20. The van der Waals surface area contributed by atoms with Gasteiger partial charge in [0, 0.05) is 5.02 Å². The van der Waals surface area contributed by atoms with E-state index >= 15 is 0 Å². The molecule has 0 unspecified atom stereocenters. The van der Waals surface area contributed by atoms with Gasteiger partial charge in [-0.3, -0.25) is 4.79 Å². The Labute approximate surface area is 116 Å². The van der Waals surface area contributed by atoms with Crippen LogP contribution < -0.4 is 11.1 Å². The van der Waals surface area contributed by atoms with Crippen molar-refractivity contribution in [3.63, 3.8) is 0 Å². The maximum atomic E-state index is 13.0. The maximum absolute atomic E-state index is 13.0. The minimum Gasteiger partial charge on any atom is -0.349 e.